The van der Waals surface area contributed by atoms with E-state index in [4.69, 9.17) is 5.10 Å². The fraction of sp³-hybridized carbons (Fsp3) is 0.214. The number of allylic oxidation sites excluding steroid dienone is 1. The van der Waals surface area contributed by atoms with E-state index in [1.807, 2.05) is 25.1 Å². The maximum absolute atomic E-state index is 14.1. The van der Waals surface area contributed by atoms with Crippen molar-refractivity contribution in [3.63, 3.8) is 0 Å². The van der Waals surface area contributed by atoms with Gasteiger partial charge in [-0.15, -0.1) is 5.10 Å². The van der Waals surface area contributed by atoms with Crippen molar-refractivity contribution in [2.24, 2.45) is 0 Å². The second-order valence-electron chi connectivity index (χ2n) is 9.13. The predicted octanol–water partition coefficient (Wildman–Crippen LogP) is 6.16. The van der Waals surface area contributed by atoms with Crippen LogP contribution >= 0.6 is 11.8 Å². The molecule has 0 bridgehead atoms. The molecule has 7 nitrogen and oxygen atoms in total. The van der Waals surface area contributed by atoms with E-state index in [1.165, 1.54) is 23.4 Å². The second-order valence-corrected chi connectivity index (χ2v) is 10.1. The van der Waals surface area contributed by atoms with Gasteiger partial charge in [-0.1, -0.05) is 68.1 Å². The first-order valence-electron chi connectivity index (χ1n) is 12.0. The number of hydrogen-bond acceptors (Lipinski definition) is 6. The average molecular weight is 515 g/mol. The summed E-state index contributed by atoms with van der Waals surface area (Å²) in [7, 11) is 0. The molecule has 9 heteroatoms. The molecule has 0 aliphatic carbocycles. The Morgan fingerprint density at radius 1 is 1.14 bits per heavy atom. The fourth-order valence-electron chi connectivity index (χ4n) is 4.25. The molecule has 37 heavy (non-hydrogen) atoms. The molecule has 1 aliphatic rings. The van der Waals surface area contributed by atoms with Crippen molar-refractivity contribution < 1.29 is 9.18 Å². The van der Waals surface area contributed by atoms with Gasteiger partial charge in [0.25, 0.3) is 5.91 Å². The lowest BCUT2D eigenvalue weighted by Gasteiger charge is -2.28. The molecule has 1 atom stereocenters. The minimum absolute atomic E-state index is 0.252. The molecule has 3 heterocycles. The molecule has 4 aromatic rings. The van der Waals surface area contributed by atoms with Gasteiger partial charge in [-0.3, -0.25) is 9.78 Å². The molecule has 2 N–H and O–H groups in total. The number of carbonyl (C=O) groups excluding carboxylic acids is 1. The lowest BCUT2D eigenvalue weighted by atomic mass is 9.93. The summed E-state index contributed by atoms with van der Waals surface area (Å²) in [4.78, 5) is 22.3. The monoisotopic (exact) mass is 514 g/mol. The Morgan fingerprint density at radius 3 is 2.62 bits per heavy atom. The van der Waals surface area contributed by atoms with Crippen molar-refractivity contribution in [1.29, 1.82) is 0 Å². The maximum atomic E-state index is 14.1. The van der Waals surface area contributed by atoms with Crippen LogP contribution in [0.25, 0.3) is 0 Å². The fourth-order valence-corrected chi connectivity index (χ4v) is 5.07. The topological polar surface area (TPSA) is 84.7 Å². The quantitative estimate of drug-likeness (QED) is 0.288. The third-order valence-electron chi connectivity index (χ3n) is 6.23. The predicted molar refractivity (Wildman–Crippen MR) is 144 cm³/mol. The summed E-state index contributed by atoms with van der Waals surface area (Å²) in [5.41, 5.74) is 4.53. The molecule has 0 fully saturated rings. The zero-order valence-corrected chi connectivity index (χ0v) is 21.6. The normalized spacial score (nSPS) is 14.9. The van der Waals surface area contributed by atoms with Crippen LogP contribution in [0.4, 0.5) is 16.0 Å². The van der Waals surface area contributed by atoms with Crippen LogP contribution in [0.3, 0.4) is 0 Å². The highest BCUT2D eigenvalue weighted by Crippen LogP contribution is 2.37. The smallest absolute Gasteiger partial charge is 0.255 e. The van der Waals surface area contributed by atoms with Gasteiger partial charge < -0.3 is 10.6 Å². The van der Waals surface area contributed by atoms with Crippen LogP contribution < -0.4 is 10.6 Å². The zero-order chi connectivity index (χ0) is 25.9. The number of nitrogens with zero attached hydrogens (tertiary/aromatic N) is 4. The zero-order valence-electron chi connectivity index (χ0n) is 20.8. The third-order valence-corrected chi connectivity index (χ3v) is 7.12. The first-order chi connectivity index (χ1) is 17.9. The number of benzene rings is 2. The molecule has 0 spiro atoms. The van der Waals surface area contributed by atoms with Crippen molar-refractivity contribution in [1.82, 2.24) is 19.7 Å². The molecule has 2 aromatic heterocycles. The standard InChI is InChI=1S/C28H27FN6OS/c1-17(2)19-10-12-20(13-11-19)25-24(26(36)32-22-8-6-14-30-15-22)18(3)31-27-33-28(34-35(25)27)37-16-21-7-4-5-9-23(21)29/h4-15,17,25H,16H2,1-3H3,(H,32,36)(H,31,33,34). The summed E-state index contributed by atoms with van der Waals surface area (Å²) >= 11 is 1.35. The van der Waals surface area contributed by atoms with Crippen molar-refractivity contribution in [3.05, 3.63) is 107 Å². The number of halogens is 1. The van der Waals surface area contributed by atoms with Crippen molar-refractivity contribution in [3.8, 4) is 0 Å². The van der Waals surface area contributed by atoms with Crippen molar-refractivity contribution in [2.45, 2.75) is 43.6 Å². The van der Waals surface area contributed by atoms with E-state index >= 15 is 0 Å². The third kappa shape index (κ3) is 5.27. The van der Waals surface area contributed by atoms with Gasteiger partial charge in [-0.2, -0.15) is 4.98 Å². The molecule has 0 saturated heterocycles. The molecule has 0 radical (unpaired) electrons. The number of carbonyl (C=O) groups is 1. The minimum atomic E-state index is -0.496. The minimum Gasteiger partial charge on any atom is -0.328 e. The van der Waals surface area contributed by atoms with Gasteiger partial charge in [-0.05, 0) is 47.7 Å². The number of thioether (sulfide) groups is 1. The molecule has 1 aliphatic heterocycles. The molecule has 1 unspecified atom stereocenters. The van der Waals surface area contributed by atoms with Crippen LogP contribution in [0.5, 0.6) is 0 Å². The molecular weight excluding hydrogens is 487 g/mol. The van der Waals surface area contributed by atoms with Gasteiger partial charge in [-0.25, -0.2) is 9.07 Å². The Hall–Kier alpha value is -3.98. The summed E-state index contributed by atoms with van der Waals surface area (Å²) in [6.45, 7) is 6.15. The molecule has 2 aromatic carbocycles. The van der Waals surface area contributed by atoms with E-state index in [-0.39, 0.29) is 11.7 Å². The Labute approximate surface area is 219 Å². The maximum Gasteiger partial charge on any atom is 0.255 e. The molecule has 1 amide bonds. The number of aromatic nitrogens is 4. The highest BCUT2D eigenvalue weighted by Gasteiger charge is 2.34. The van der Waals surface area contributed by atoms with E-state index in [0.29, 0.717) is 45.3 Å². The number of amides is 1. The highest BCUT2D eigenvalue weighted by atomic mass is 32.2. The highest BCUT2D eigenvalue weighted by molar-refractivity contribution is 7.98. The van der Waals surface area contributed by atoms with Crippen LogP contribution in [0.15, 0.2) is 89.5 Å². The van der Waals surface area contributed by atoms with Crippen LogP contribution in [0.1, 0.15) is 49.4 Å². The first-order valence-corrected chi connectivity index (χ1v) is 13.0. The Kier molecular flexibility index (Phi) is 7.05. The second kappa shape index (κ2) is 10.6. The molecular formula is C28H27FN6OS. The van der Waals surface area contributed by atoms with E-state index in [0.717, 1.165) is 5.56 Å². The SMILES string of the molecule is CC1=C(C(=O)Nc2cccnc2)C(c2ccc(C(C)C)cc2)n2nc(SCc3ccccc3F)nc2N1. The number of hydrogen-bond donors (Lipinski definition) is 2. The molecule has 0 saturated carbocycles. The van der Waals surface area contributed by atoms with Gasteiger partial charge in [0.15, 0.2) is 0 Å². The first kappa shape index (κ1) is 24.7. The van der Waals surface area contributed by atoms with Gasteiger partial charge >= 0.3 is 0 Å². The summed E-state index contributed by atoms with van der Waals surface area (Å²) in [6, 6.07) is 18.0. The van der Waals surface area contributed by atoms with Crippen molar-refractivity contribution in [2.75, 3.05) is 10.6 Å². The van der Waals surface area contributed by atoms with Crippen LogP contribution in [-0.4, -0.2) is 25.7 Å². The van der Waals surface area contributed by atoms with E-state index in [2.05, 4.69) is 46.6 Å². The van der Waals surface area contributed by atoms with Gasteiger partial charge in [0.2, 0.25) is 11.1 Å². The lowest BCUT2D eigenvalue weighted by Crippen LogP contribution is -2.31. The lowest BCUT2D eigenvalue weighted by molar-refractivity contribution is -0.113. The van der Waals surface area contributed by atoms with E-state index < -0.39 is 6.04 Å². The van der Waals surface area contributed by atoms with E-state index in [9.17, 15) is 9.18 Å². The summed E-state index contributed by atoms with van der Waals surface area (Å²) in [5, 5.41) is 11.4. The summed E-state index contributed by atoms with van der Waals surface area (Å²) < 4.78 is 15.9. The molecule has 5 rings (SSSR count). The van der Waals surface area contributed by atoms with Crippen molar-refractivity contribution >= 4 is 29.3 Å². The average Bonchev–Trinajstić information content (AvgIpc) is 3.30. The van der Waals surface area contributed by atoms with Gasteiger partial charge in [0.05, 0.1) is 17.5 Å². The number of rotatable bonds is 7. The number of pyridine rings is 1. The number of anilines is 2. The number of nitrogens with one attached hydrogen (secondary N) is 2. The Balaban J connectivity index is 1.50. The summed E-state index contributed by atoms with van der Waals surface area (Å²) in [6.07, 6.45) is 3.26. The van der Waals surface area contributed by atoms with Gasteiger partial charge in [0, 0.05) is 17.6 Å². The number of fused-ring (bicyclic) bond motifs is 1. The van der Waals surface area contributed by atoms with Gasteiger partial charge in [0.1, 0.15) is 11.9 Å². The molecule has 188 valence electrons. The Bertz CT molecular complexity index is 1450. The van der Waals surface area contributed by atoms with Crippen LogP contribution in [-0.2, 0) is 10.5 Å². The summed E-state index contributed by atoms with van der Waals surface area (Å²) in [5.74, 6) is 0.801. The van der Waals surface area contributed by atoms with Crippen LogP contribution in [0.2, 0.25) is 0 Å². The largest absolute Gasteiger partial charge is 0.328 e. The van der Waals surface area contributed by atoms with E-state index in [1.54, 1.807) is 41.3 Å². The van der Waals surface area contributed by atoms with Crippen LogP contribution in [0, 0.1) is 5.82 Å². The Morgan fingerprint density at radius 2 is 1.92 bits per heavy atom.